The molecular weight excluding hydrogens is 326 g/mol. The highest BCUT2D eigenvalue weighted by atomic mass is 16.6. The molecule has 0 radical (unpaired) electrons. The highest BCUT2D eigenvalue weighted by Gasteiger charge is 2.42. The van der Waals surface area contributed by atoms with E-state index in [4.69, 9.17) is 4.74 Å². The lowest BCUT2D eigenvalue weighted by Crippen LogP contribution is -2.46. The number of hydrogen-bond donors (Lipinski definition) is 1. The van der Waals surface area contributed by atoms with Crippen LogP contribution in [0.2, 0.25) is 0 Å². The Morgan fingerprint density at radius 3 is 1.77 bits per heavy atom. The minimum Gasteiger partial charge on any atom is -0.458 e. The second-order valence-electron chi connectivity index (χ2n) is 6.51. The van der Waals surface area contributed by atoms with Gasteiger partial charge in [0.15, 0.2) is 0 Å². The molecule has 0 aromatic heterocycles. The molecule has 0 aliphatic rings. The number of likely N-dealkylation sites (N-methyl/N-ethyl adjacent to an activating group) is 1. The van der Waals surface area contributed by atoms with E-state index in [0.29, 0.717) is 11.1 Å². The zero-order valence-corrected chi connectivity index (χ0v) is 16.1. The van der Waals surface area contributed by atoms with E-state index in [1.165, 1.54) is 0 Å². The summed E-state index contributed by atoms with van der Waals surface area (Å²) < 4.78 is 5.74. The molecule has 26 heavy (non-hydrogen) atoms. The maximum atomic E-state index is 13.1. The maximum absolute atomic E-state index is 13.1. The third-order valence-electron chi connectivity index (χ3n) is 5.04. The minimum absolute atomic E-state index is 0.0600. The topological polar surface area (TPSA) is 49.8 Å². The molecule has 2 atom stereocenters. The molecule has 0 aliphatic carbocycles. The molecule has 0 amide bonds. The van der Waals surface area contributed by atoms with Crippen molar-refractivity contribution in [1.82, 2.24) is 4.90 Å². The molecule has 2 aromatic carbocycles. The van der Waals surface area contributed by atoms with Crippen molar-refractivity contribution in [3.05, 3.63) is 71.8 Å². The average molecular weight is 355 g/mol. The molecule has 0 saturated carbocycles. The van der Waals surface area contributed by atoms with Crippen LogP contribution < -0.4 is 0 Å². The molecule has 4 heteroatoms. The Balaban J connectivity index is 2.33. The molecule has 4 nitrogen and oxygen atoms in total. The Bertz CT molecular complexity index is 644. The van der Waals surface area contributed by atoms with Crippen molar-refractivity contribution < 1.29 is 14.6 Å². The number of carbonyl (C=O) groups excluding carboxylic acids is 1. The standard InChI is InChI=1S/C22H29NO3/c1-5-23(6-2)17(3)18(4)26-21(24)22(25,19-13-9-7-10-14-19)20-15-11-8-12-16-20/h7-18,25H,5-6H2,1-4H3. The highest BCUT2D eigenvalue weighted by Crippen LogP contribution is 2.31. The van der Waals surface area contributed by atoms with Crippen molar-refractivity contribution in [2.24, 2.45) is 0 Å². The van der Waals surface area contributed by atoms with Crippen molar-refractivity contribution in [1.29, 1.82) is 0 Å². The summed E-state index contributed by atoms with van der Waals surface area (Å²) in [5.74, 6) is -0.651. The summed E-state index contributed by atoms with van der Waals surface area (Å²) in [7, 11) is 0. The third kappa shape index (κ3) is 4.14. The van der Waals surface area contributed by atoms with E-state index in [-0.39, 0.29) is 12.1 Å². The van der Waals surface area contributed by atoms with Crippen LogP contribution in [-0.2, 0) is 15.1 Å². The Morgan fingerprint density at radius 1 is 0.962 bits per heavy atom. The van der Waals surface area contributed by atoms with Gasteiger partial charge in [0.2, 0.25) is 5.60 Å². The first kappa shape index (κ1) is 20.1. The lowest BCUT2D eigenvalue weighted by molar-refractivity contribution is -0.170. The van der Waals surface area contributed by atoms with Gasteiger partial charge < -0.3 is 9.84 Å². The van der Waals surface area contributed by atoms with Crippen molar-refractivity contribution in [3.8, 4) is 0 Å². The Morgan fingerprint density at radius 2 is 1.38 bits per heavy atom. The quantitative estimate of drug-likeness (QED) is 0.735. The van der Waals surface area contributed by atoms with E-state index in [1.807, 2.05) is 26.0 Å². The first-order chi connectivity index (χ1) is 12.4. The number of hydrogen-bond acceptors (Lipinski definition) is 4. The van der Waals surface area contributed by atoms with Crippen LogP contribution in [0.15, 0.2) is 60.7 Å². The van der Waals surface area contributed by atoms with Crippen LogP contribution in [0.25, 0.3) is 0 Å². The summed E-state index contributed by atoms with van der Waals surface area (Å²) in [5.41, 5.74) is -0.836. The first-order valence-corrected chi connectivity index (χ1v) is 9.23. The number of benzene rings is 2. The van der Waals surface area contributed by atoms with Gasteiger partial charge in [0.05, 0.1) is 0 Å². The fraction of sp³-hybridized carbons (Fsp3) is 0.409. The molecule has 2 unspecified atom stereocenters. The minimum atomic E-state index is -1.83. The van der Waals surface area contributed by atoms with Crippen LogP contribution in [0.4, 0.5) is 0 Å². The number of aliphatic hydroxyl groups is 1. The predicted octanol–water partition coefficient (Wildman–Crippen LogP) is 3.58. The number of carbonyl (C=O) groups is 1. The summed E-state index contributed by atoms with van der Waals surface area (Å²) >= 11 is 0. The lowest BCUT2D eigenvalue weighted by atomic mass is 9.86. The van der Waals surface area contributed by atoms with Gasteiger partial charge in [0.1, 0.15) is 6.10 Å². The van der Waals surface area contributed by atoms with Crippen LogP contribution in [0.1, 0.15) is 38.8 Å². The molecule has 140 valence electrons. The number of ether oxygens (including phenoxy) is 1. The van der Waals surface area contributed by atoms with Crippen LogP contribution in [0.5, 0.6) is 0 Å². The molecule has 0 spiro atoms. The van der Waals surface area contributed by atoms with Gasteiger partial charge in [-0.05, 0) is 38.1 Å². The molecule has 0 saturated heterocycles. The van der Waals surface area contributed by atoms with E-state index in [9.17, 15) is 9.90 Å². The van der Waals surface area contributed by atoms with E-state index < -0.39 is 11.6 Å². The largest absolute Gasteiger partial charge is 0.458 e. The predicted molar refractivity (Wildman–Crippen MR) is 104 cm³/mol. The fourth-order valence-electron chi connectivity index (χ4n) is 3.21. The molecule has 2 rings (SSSR count). The summed E-state index contributed by atoms with van der Waals surface area (Å²) in [6.07, 6.45) is -0.346. The van der Waals surface area contributed by atoms with Gasteiger partial charge in [-0.25, -0.2) is 4.79 Å². The maximum Gasteiger partial charge on any atom is 0.348 e. The highest BCUT2D eigenvalue weighted by molar-refractivity contribution is 5.85. The van der Waals surface area contributed by atoms with Crippen LogP contribution in [-0.4, -0.2) is 41.2 Å². The molecule has 0 aliphatic heterocycles. The van der Waals surface area contributed by atoms with Gasteiger partial charge in [-0.2, -0.15) is 0 Å². The van der Waals surface area contributed by atoms with Crippen LogP contribution in [0.3, 0.4) is 0 Å². The molecule has 1 N–H and O–H groups in total. The normalized spacial score (nSPS) is 14.1. The summed E-state index contributed by atoms with van der Waals surface area (Å²) in [6.45, 7) is 9.83. The Kier molecular flexibility index (Phi) is 6.95. The molecule has 0 fully saturated rings. The van der Waals surface area contributed by atoms with E-state index >= 15 is 0 Å². The molecule has 0 bridgehead atoms. The van der Waals surface area contributed by atoms with Gasteiger partial charge in [-0.3, -0.25) is 4.90 Å². The summed E-state index contributed by atoms with van der Waals surface area (Å²) in [5, 5.41) is 11.4. The zero-order chi connectivity index (χ0) is 19.2. The smallest absolute Gasteiger partial charge is 0.348 e. The lowest BCUT2D eigenvalue weighted by Gasteiger charge is -2.34. The van der Waals surface area contributed by atoms with E-state index in [0.717, 1.165) is 13.1 Å². The molecular formula is C22H29NO3. The third-order valence-corrected chi connectivity index (χ3v) is 5.04. The molecule has 0 heterocycles. The van der Waals surface area contributed by atoms with Gasteiger partial charge in [-0.1, -0.05) is 74.5 Å². The first-order valence-electron chi connectivity index (χ1n) is 9.23. The van der Waals surface area contributed by atoms with Crippen molar-refractivity contribution >= 4 is 5.97 Å². The second kappa shape index (κ2) is 8.97. The second-order valence-corrected chi connectivity index (χ2v) is 6.51. The summed E-state index contributed by atoms with van der Waals surface area (Å²) in [6, 6.07) is 18.0. The Labute approximate surface area is 156 Å². The summed E-state index contributed by atoms with van der Waals surface area (Å²) in [4.78, 5) is 15.3. The van der Waals surface area contributed by atoms with Crippen molar-refractivity contribution in [2.45, 2.75) is 45.4 Å². The zero-order valence-electron chi connectivity index (χ0n) is 16.1. The van der Waals surface area contributed by atoms with Gasteiger partial charge in [-0.15, -0.1) is 0 Å². The van der Waals surface area contributed by atoms with Crippen molar-refractivity contribution in [2.75, 3.05) is 13.1 Å². The van der Waals surface area contributed by atoms with E-state index in [1.54, 1.807) is 48.5 Å². The SMILES string of the molecule is CCN(CC)C(C)C(C)OC(=O)C(O)(c1ccccc1)c1ccccc1. The fourth-order valence-corrected chi connectivity index (χ4v) is 3.21. The average Bonchev–Trinajstić information content (AvgIpc) is 2.69. The number of esters is 1. The van der Waals surface area contributed by atoms with Crippen molar-refractivity contribution in [3.63, 3.8) is 0 Å². The number of nitrogens with zero attached hydrogens (tertiary/aromatic N) is 1. The van der Waals surface area contributed by atoms with E-state index in [2.05, 4.69) is 18.7 Å². The Hall–Kier alpha value is -2.17. The van der Waals surface area contributed by atoms with Gasteiger partial charge in [0, 0.05) is 6.04 Å². The van der Waals surface area contributed by atoms with Crippen LogP contribution in [0, 0.1) is 0 Å². The van der Waals surface area contributed by atoms with Crippen LogP contribution >= 0.6 is 0 Å². The van der Waals surface area contributed by atoms with Gasteiger partial charge >= 0.3 is 5.97 Å². The van der Waals surface area contributed by atoms with Gasteiger partial charge in [0.25, 0.3) is 0 Å². The number of rotatable bonds is 8. The molecule has 2 aromatic rings. The monoisotopic (exact) mass is 355 g/mol.